The first-order chi connectivity index (χ1) is 11.6. The molecule has 6 nitrogen and oxygen atoms in total. The van der Waals surface area contributed by atoms with Crippen LogP contribution in [-0.4, -0.2) is 79.3 Å². The molecule has 0 aliphatic rings. The summed E-state index contributed by atoms with van der Waals surface area (Å²) in [5, 5.41) is 10.9. The minimum absolute atomic E-state index is 0. The van der Waals surface area contributed by atoms with Gasteiger partial charge < -0.3 is 5.48 Å². The number of carbonyl (C=O) groups excluding carboxylic acids is 2. The molecule has 0 saturated heterocycles. The number of hydrogen-bond acceptors (Lipinski definition) is 5. The number of aliphatic carboxylic acids is 1. The monoisotopic (exact) mass is 739 g/mol. The summed E-state index contributed by atoms with van der Waals surface area (Å²) in [6, 6.07) is 0. The van der Waals surface area contributed by atoms with Crippen LogP contribution in [0.15, 0.2) is 0 Å². The van der Waals surface area contributed by atoms with Crippen molar-refractivity contribution < 1.29 is 28.6 Å². The molecule has 2 N–H and O–H groups in total. The zero-order chi connectivity index (χ0) is 23.1. The third kappa shape index (κ3) is 162. The van der Waals surface area contributed by atoms with Crippen LogP contribution in [0.1, 0.15) is 44.1 Å². The van der Waals surface area contributed by atoms with Crippen molar-refractivity contribution in [2.75, 3.05) is 6.61 Å². The molecule has 0 amide bonds. The van der Waals surface area contributed by atoms with E-state index in [1.807, 2.05) is 24.1 Å². The van der Waals surface area contributed by atoms with Gasteiger partial charge >= 0.3 is 183 Å². The van der Waals surface area contributed by atoms with E-state index in [9.17, 15) is 18.4 Å². The Labute approximate surface area is 223 Å². The molecule has 0 saturated carbocycles. The van der Waals surface area contributed by atoms with E-state index in [1.165, 1.54) is 0 Å². The topological polar surface area (TPSA) is 115 Å². The second kappa shape index (κ2) is 32.9. The molecule has 0 spiro atoms. The van der Waals surface area contributed by atoms with Crippen LogP contribution in [0.25, 0.3) is 0 Å². The Morgan fingerprint density at radius 1 is 0.788 bits per heavy atom. The summed E-state index contributed by atoms with van der Waals surface area (Å²) in [5.41, 5.74) is 25.0. The van der Waals surface area contributed by atoms with Gasteiger partial charge in [-0.3, -0.25) is 0 Å². The van der Waals surface area contributed by atoms with Gasteiger partial charge in [0.2, 0.25) is 0 Å². The minimum Gasteiger partial charge on any atom is -0.412 e. The van der Waals surface area contributed by atoms with Crippen LogP contribution < -0.4 is 5.11 Å². The molecule has 33 heavy (non-hydrogen) atoms. The summed E-state index contributed by atoms with van der Waals surface area (Å²) < 4.78 is 15.1. The van der Waals surface area contributed by atoms with Gasteiger partial charge in [-0.2, -0.15) is 0 Å². The number of ether oxygens (including phenoxy) is 1. The summed E-state index contributed by atoms with van der Waals surface area (Å²) in [5.74, 6) is -0.924. The average Bonchev–Trinajstić information content (AvgIpc) is 2.19. The predicted molar refractivity (Wildman–Crippen MR) is 163 cm³/mol. The predicted octanol–water partition coefficient (Wildman–Crippen LogP) is 6.94. The number of hydrogen-bond donors (Lipinski definition) is 0. The molecule has 0 rings (SSSR count). The normalized spacial score (nSPS) is 9.03. The van der Waals surface area contributed by atoms with Gasteiger partial charge in [-0.1, -0.05) is 37.1 Å². The van der Waals surface area contributed by atoms with E-state index in [1.54, 1.807) is 17.1 Å². The molecule has 0 aromatic carbocycles. The van der Waals surface area contributed by atoms with Crippen molar-refractivity contribution in [2.24, 2.45) is 0 Å². The van der Waals surface area contributed by atoms with Crippen LogP contribution in [0.2, 0.25) is 79.0 Å². The number of carboxylic acid groups (broad SMARTS) is 1. The second-order valence-electron chi connectivity index (χ2n) is 9.30. The van der Waals surface area contributed by atoms with E-state index >= 15 is 0 Å². The number of carbonyl (C=O) groups is 2. The Morgan fingerprint density at radius 2 is 1.00 bits per heavy atom. The first-order valence-electron chi connectivity index (χ1n) is 8.70. The van der Waals surface area contributed by atoms with Crippen molar-refractivity contribution in [3.05, 3.63) is 0 Å². The van der Waals surface area contributed by atoms with Crippen molar-refractivity contribution in [3.8, 4) is 0 Å². The van der Waals surface area contributed by atoms with Crippen LogP contribution >= 0.6 is 0 Å². The average molecular weight is 739 g/mol. The molecule has 214 valence electrons. The standard InChI is InChI=1S/C7H16AsO2.C5H11AsO2.C3H9AsO.C3H9As.5CH4.H2O/c1-5-10-7(9)6-8(2,3)4;1-6(2,3)4-5(7)8;1-4(2,3)5;1-4(2)3;;;;;;/h5-6H2,1-4H3;4H2,1-3H3;1-3H3;1-3H3;5*1H4;1H2/q+1;;;;;;;;;. The van der Waals surface area contributed by atoms with E-state index in [4.69, 9.17) is 4.74 Å². The molecule has 0 aromatic heterocycles. The van der Waals surface area contributed by atoms with Crippen LogP contribution in [0.3, 0.4) is 0 Å². The molecular weight excluding hydrogens is 672 g/mol. The molecule has 0 unspecified atom stereocenters. The molecule has 0 radical (unpaired) electrons. The molecule has 0 aromatic rings. The summed E-state index contributed by atoms with van der Waals surface area (Å²) in [4.78, 5) is 20.8. The van der Waals surface area contributed by atoms with Crippen LogP contribution in [-0.2, 0) is 18.1 Å². The van der Waals surface area contributed by atoms with Gasteiger partial charge in [-0.05, 0) is 0 Å². The largest absolute Gasteiger partial charge is 0.412 e. The third-order valence-corrected chi connectivity index (χ3v) is 6.58. The Kier molecular flexibility index (Phi) is 64.1. The molecule has 0 aliphatic carbocycles. The Balaban J connectivity index is -0.0000000264. The zero-order valence-electron chi connectivity index (χ0n) is 20.5. The quantitative estimate of drug-likeness (QED) is 0.224. The summed E-state index contributed by atoms with van der Waals surface area (Å²) in [6.45, 7) is 2.35. The summed E-state index contributed by atoms with van der Waals surface area (Å²) >= 11 is -5.53. The van der Waals surface area contributed by atoms with Crippen molar-refractivity contribution in [1.82, 2.24) is 0 Å². The van der Waals surface area contributed by atoms with Gasteiger partial charge in [-0.25, -0.2) is 0 Å². The molecule has 0 atom stereocenters. The first kappa shape index (κ1) is 64.3. The van der Waals surface area contributed by atoms with Crippen LogP contribution in [0, 0.1) is 0 Å². The van der Waals surface area contributed by atoms with Crippen molar-refractivity contribution in [2.45, 2.75) is 123 Å². The maximum Gasteiger partial charge on any atom is -0.412 e. The molecule has 0 aliphatic heterocycles. The Hall–Kier alpha value is 0.934. The van der Waals surface area contributed by atoms with E-state index in [2.05, 4.69) is 34.3 Å². The van der Waals surface area contributed by atoms with E-state index < -0.39 is 46.6 Å². The zero-order valence-corrected chi connectivity index (χ0v) is 28.0. The van der Waals surface area contributed by atoms with Gasteiger partial charge in [0, 0.05) is 0 Å². The van der Waals surface area contributed by atoms with E-state index in [0.717, 1.165) is 0 Å². The fourth-order valence-corrected chi connectivity index (χ4v) is 4.42. The van der Waals surface area contributed by atoms with Gasteiger partial charge in [0.15, 0.2) is 0 Å². The van der Waals surface area contributed by atoms with Gasteiger partial charge in [-0.15, -0.1) is 0 Å². The maximum atomic E-state index is 10.9. The number of esters is 1. The van der Waals surface area contributed by atoms with Crippen LogP contribution in [0.5, 0.6) is 0 Å². The van der Waals surface area contributed by atoms with E-state index in [0.29, 0.717) is 17.0 Å². The molecule has 10 heteroatoms. The van der Waals surface area contributed by atoms with E-state index in [-0.39, 0.29) is 63.2 Å². The second-order valence-corrected chi connectivity index (χ2v) is 43.4. The smallest absolute Gasteiger partial charge is 0.412 e. The van der Waals surface area contributed by atoms with Gasteiger partial charge in [0.05, 0.1) is 0 Å². The van der Waals surface area contributed by atoms with Gasteiger partial charge in [0.1, 0.15) is 0 Å². The number of carboxylic acids is 1. The minimum atomic E-state index is -2.12. The van der Waals surface area contributed by atoms with Crippen molar-refractivity contribution in [3.63, 3.8) is 0 Å². The van der Waals surface area contributed by atoms with Crippen LogP contribution in [0.4, 0.5) is 0 Å². The molecule has 0 heterocycles. The first-order valence-corrected chi connectivity index (χ1v) is 34.6. The Bertz CT molecular complexity index is 426. The number of rotatable bonds is 5. The van der Waals surface area contributed by atoms with Crippen molar-refractivity contribution in [1.29, 1.82) is 0 Å². The molecule has 0 bridgehead atoms. The Morgan fingerprint density at radius 3 is 1.09 bits per heavy atom. The third-order valence-electron chi connectivity index (χ3n) is 1.51. The summed E-state index contributed by atoms with van der Waals surface area (Å²) in [7, 11) is 0. The molecule has 0 fully saturated rings. The molecular formula is C23H67As4O6+. The fourth-order valence-electron chi connectivity index (χ4n) is 0.981. The SMILES string of the molecule is C.C.C.C.C.CCOC(=O)C[As+](C)(C)C.C[As+](C)(C)CC(=O)[O-].C[As](C)(C)=O.C[As](C)C.O. The fraction of sp³-hybridized carbons (Fsp3) is 0.913. The maximum absolute atomic E-state index is 10.9. The van der Waals surface area contributed by atoms with Crippen molar-refractivity contribution >= 4 is 67.2 Å². The summed E-state index contributed by atoms with van der Waals surface area (Å²) in [6.07, 6.45) is 0. The van der Waals surface area contributed by atoms with Gasteiger partial charge in [0.25, 0.3) is 0 Å².